The van der Waals surface area contributed by atoms with Crippen molar-refractivity contribution in [3.63, 3.8) is 0 Å². The molecular formula is C21H29N3O4. The maximum atomic E-state index is 12.0. The summed E-state index contributed by atoms with van der Waals surface area (Å²) in [5, 5.41) is 21.5. The van der Waals surface area contributed by atoms with Gasteiger partial charge in [0.25, 0.3) is 0 Å². The Morgan fingerprint density at radius 1 is 1.21 bits per heavy atom. The highest BCUT2D eigenvalue weighted by molar-refractivity contribution is 5.77. The molecule has 0 saturated carbocycles. The highest BCUT2D eigenvalue weighted by atomic mass is 16.4. The van der Waals surface area contributed by atoms with E-state index in [0.717, 1.165) is 16.7 Å². The lowest BCUT2D eigenvalue weighted by Crippen LogP contribution is -2.49. The molecule has 1 aromatic carbocycles. The molecule has 1 aromatic heterocycles. The predicted octanol–water partition coefficient (Wildman–Crippen LogP) is 2.63. The minimum Gasteiger partial charge on any atom is -0.480 e. The van der Waals surface area contributed by atoms with E-state index < -0.39 is 56.4 Å². The second kappa shape index (κ2) is 9.50. The summed E-state index contributed by atoms with van der Waals surface area (Å²) in [5.41, 5.74) is 3.25. The van der Waals surface area contributed by atoms with Gasteiger partial charge in [-0.15, -0.1) is 0 Å². The van der Waals surface area contributed by atoms with E-state index >= 15 is 0 Å². The van der Waals surface area contributed by atoms with Gasteiger partial charge in [-0.3, -0.25) is 14.9 Å². The largest absolute Gasteiger partial charge is 0.480 e. The van der Waals surface area contributed by atoms with Gasteiger partial charge in [-0.2, -0.15) is 0 Å². The number of imidazole rings is 1. The second-order valence-corrected chi connectivity index (χ2v) is 6.56. The molecule has 0 spiro atoms. The van der Waals surface area contributed by atoms with Crippen LogP contribution in [0.3, 0.4) is 0 Å². The Bertz CT molecular complexity index is 1110. The third kappa shape index (κ3) is 6.20. The normalized spacial score (nSPS) is 20.0. The van der Waals surface area contributed by atoms with E-state index in [4.69, 9.17) is 12.3 Å². The van der Waals surface area contributed by atoms with Gasteiger partial charge in [0.05, 0.1) is 6.33 Å². The Morgan fingerprint density at radius 3 is 2.43 bits per heavy atom. The molecule has 0 amide bonds. The van der Waals surface area contributed by atoms with Crippen molar-refractivity contribution in [2.45, 2.75) is 59.0 Å². The Labute approximate surface area is 178 Å². The zero-order valence-corrected chi connectivity index (χ0v) is 15.6. The van der Waals surface area contributed by atoms with E-state index in [-0.39, 0.29) is 0 Å². The number of aryl methyl sites for hydroxylation is 2. The van der Waals surface area contributed by atoms with Gasteiger partial charge in [0, 0.05) is 37.2 Å². The molecule has 1 unspecified atom stereocenters. The van der Waals surface area contributed by atoms with E-state index in [0.29, 0.717) is 12.2 Å². The molecule has 0 aliphatic rings. The van der Waals surface area contributed by atoms with Crippen molar-refractivity contribution >= 4 is 11.9 Å². The molecule has 2 aromatic rings. The fourth-order valence-electron chi connectivity index (χ4n) is 2.96. The molecule has 0 bridgehead atoms. The third-order valence-corrected chi connectivity index (χ3v) is 4.05. The molecule has 3 N–H and O–H groups in total. The van der Waals surface area contributed by atoms with E-state index in [1.807, 2.05) is 32.0 Å². The Kier molecular flexibility index (Phi) is 4.08. The van der Waals surface area contributed by atoms with Gasteiger partial charge in [-0.25, -0.2) is 4.98 Å². The number of benzene rings is 1. The number of aromatic nitrogens is 2. The summed E-state index contributed by atoms with van der Waals surface area (Å²) >= 11 is 0. The molecule has 7 nitrogen and oxygen atoms in total. The van der Waals surface area contributed by atoms with Gasteiger partial charge in [-0.05, 0) is 31.7 Å². The van der Waals surface area contributed by atoms with E-state index in [1.54, 1.807) is 4.57 Å². The fourth-order valence-corrected chi connectivity index (χ4v) is 2.96. The number of carboxylic acids is 2. The molecule has 0 aliphatic heterocycles. The van der Waals surface area contributed by atoms with E-state index in [1.165, 1.54) is 12.5 Å². The molecule has 0 aliphatic carbocycles. The molecule has 1 heterocycles. The summed E-state index contributed by atoms with van der Waals surface area (Å²) in [7, 11) is 0. The van der Waals surface area contributed by atoms with Crippen LogP contribution >= 0.6 is 0 Å². The van der Waals surface area contributed by atoms with Crippen LogP contribution in [0, 0.1) is 19.7 Å². The lowest BCUT2D eigenvalue weighted by molar-refractivity contribution is -0.142. The highest BCUT2D eigenvalue weighted by Crippen LogP contribution is 2.14. The van der Waals surface area contributed by atoms with Crippen LogP contribution in [0.4, 0.5) is 0 Å². The van der Waals surface area contributed by atoms with Crippen molar-refractivity contribution in [3.05, 3.63) is 53.1 Å². The lowest BCUT2D eigenvalue weighted by atomic mass is 10.0. The summed E-state index contributed by atoms with van der Waals surface area (Å²) in [6.45, 7) is -3.41. The van der Waals surface area contributed by atoms with Gasteiger partial charge in [-0.1, -0.05) is 43.0 Å². The predicted molar refractivity (Wildman–Crippen MR) is 106 cm³/mol. The summed E-state index contributed by atoms with van der Waals surface area (Å²) in [6, 6.07) is 1.38. The molecule has 0 fully saturated rings. The summed E-state index contributed by atoms with van der Waals surface area (Å²) < 4.78 is 71.3. The van der Waals surface area contributed by atoms with Crippen molar-refractivity contribution < 1.29 is 32.1 Å². The first-order chi connectivity index (χ1) is 16.7. The van der Waals surface area contributed by atoms with Crippen molar-refractivity contribution in [2.24, 2.45) is 5.89 Å². The topological polar surface area (TPSA) is 104 Å². The molecule has 2 rings (SSSR count). The van der Waals surface area contributed by atoms with Crippen LogP contribution in [0.2, 0.25) is 0 Å². The first kappa shape index (κ1) is 12.0. The Hall–Kier alpha value is -2.67. The van der Waals surface area contributed by atoms with Crippen molar-refractivity contribution in [1.29, 1.82) is 0 Å². The van der Waals surface area contributed by atoms with Gasteiger partial charge in [0.15, 0.2) is 0 Å². The summed E-state index contributed by atoms with van der Waals surface area (Å²) in [4.78, 5) is 28.1. The molecule has 0 saturated heterocycles. The van der Waals surface area contributed by atoms with Crippen LogP contribution in [0.5, 0.6) is 0 Å². The monoisotopic (exact) mass is 396 g/mol. The Balaban J connectivity index is 2.43. The number of rotatable bonds is 10. The SMILES string of the molecule is [2H]C([2H])([2H])C([2H])(C([2H])([2H])[2H])C([2H])([2H])C(N[C@@H](Cc1cncn1Cc1cc(C)cc(C)c1)C(=O)O)C(=O)O. The molecule has 2 atom stereocenters. The lowest BCUT2D eigenvalue weighted by Gasteiger charge is -2.22. The Morgan fingerprint density at radius 2 is 1.86 bits per heavy atom. The standard InChI is InChI=1S/C21H29N3O4/c1-13(2)5-18(20(25)26)23-19(21(27)28)9-17-10-22-12-24(17)11-16-7-14(3)6-15(4)8-16/h6-8,10,12-13,18-19,23H,5,9,11H2,1-4H3,(H,25,26)(H,27,28)/t18?,19-/m0/s1/i1D3,2D3,5D2,13D. The third-order valence-electron chi connectivity index (χ3n) is 4.05. The second-order valence-electron chi connectivity index (χ2n) is 6.56. The van der Waals surface area contributed by atoms with Crippen LogP contribution in [-0.4, -0.2) is 43.8 Å². The number of nitrogens with one attached hydrogen (secondary N) is 1. The van der Waals surface area contributed by atoms with Crippen molar-refractivity contribution in [1.82, 2.24) is 14.9 Å². The number of carbonyl (C=O) groups is 2. The van der Waals surface area contributed by atoms with Crippen LogP contribution in [-0.2, 0) is 22.6 Å². The maximum Gasteiger partial charge on any atom is 0.321 e. The van der Waals surface area contributed by atoms with Crippen LogP contribution in [0.25, 0.3) is 0 Å². The number of hydrogen-bond donors (Lipinski definition) is 3. The minimum atomic E-state index is -3.89. The average molecular weight is 397 g/mol. The number of carboxylic acid groups (broad SMARTS) is 2. The fraction of sp³-hybridized carbons (Fsp3) is 0.476. The highest BCUT2D eigenvalue weighted by Gasteiger charge is 2.27. The average Bonchev–Trinajstić information content (AvgIpc) is 3.13. The zero-order chi connectivity index (χ0) is 28.6. The number of nitrogens with zero attached hydrogens (tertiary/aromatic N) is 2. The number of hydrogen-bond acceptors (Lipinski definition) is 4. The van der Waals surface area contributed by atoms with Crippen LogP contribution in [0.15, 0.2) is 30.7 Å². The van der Waals surface area contributed by atoms with Crippen LogP contribution in [0.1, 0.15) is 54.8 Å². The van der Waals surface area contributed by atoms with Gasteiger partial charge in [0.2, 0.25) is 0 Å². The number of aliphatic carboxylic acids is 2. The van der Waals surface area contributed by atoms with E-state index in [2.05, 4.69) is 10.3 Å². The first-order valence-corrected chi connectivity index (χ1v) is 8.50. The zero-order valence-electron chi connectivity index (χ0n) is 24.6. The molecular weight excluding hydrogens is 358 g/mol. The first-order valence-electron chi connectivity index (χ1n) is 13.0. The molecule has 0 radical (unpaired) electrons. The molecule has 28 heavy (non-hydrogen) atoms. The van der Waals surface area contributed by atoms with Crippen molar-refractivity contribution in [3.8, 4) is 0 Å². The minimum absolute atomic E-state index is 0.307. The van der Waals surface area contributed by atoms with Gasteiger partial charge in [0.1, 0.15) is 12.1 Å². The van der Waals surface area contributed by atoms with Gasteiger partial charge < -0.3 is 14.8 Å². The molecule has 152 valence electrons. The smallest absolute Gasteiger partial charge is 0.321 e. The van der Waals surface area contributed by atoms with Crippen LogP contribution < -0.4 is 5.32 Å². The summed E-state index contributed by atoms with van der Waals surface area (Å²) in [6.07, 6.45) is -1.36. The van der Waals surface area contributed by atoms with E-state index in [9.17, 15) is 19.8 Å². The van der Waals surface area contributed by atoms with Gasteiger partial charge >= 0.3 is 11.9 Å². The quantitative estimate of drug-likeness (QED) is 0.570. The maximum absolute atomic E-state index is 12.0. The summed E-state index contributed by atoms with van der Waals surface area (Å²) in [5.74, 6) is -7.54. The molecule has 7 heteroatoms. The van der Waals surface area contributed by atoms with Crippen molar-refractivity contribution in [2.75, 3.05) is 0 Å².